The lowest BCUT2D eigenvalue weighted by Gasteiger charge is -2.29. The number of hydrogen-bond donors (Lipinski definition) is 3. The fourth-order valence-corrected chi connectivity index (χ4v) is 4.16. The third-order valence-electron chi connectivity index (χ3n) is 6.42. The molecule has 0 unspecified atom stereocenters. The van der Waals surface area contributed by atoms with E-state index in [0.717, 1.165) is 19.3 Å². The van der Waals surface area contributed by atoms with Crippen molar-refractivity contribution in [2.45, 2.75) is 91.1 Å². The first-order chi connectivity index (χ1) is 17.5. The number of cyclic esters (lactones) is 2. The number of para-hydroxylation sites is 1. The normalized spacial score (nSPS) is 24.2. The molecule has 37 heavy (non-hydrogen) atoms. The first-order valence-corrected chi connectivity index (χ1v) is 12.9. The van der Waals surface area contributed by atoms with E-state index >= 15 is 0 Å². The van der Waals surface area contributed by atoms with Gasteiger partial charge in [-0.3, -0.25) is 14.4 Å². The third-order valence-corrected chi connectivity index (χ3v) is 6.42. The van der Waals surface area contributed by atoms with Crippen LogP contribution in [0.5, 0.6) is 5.75 Å². The van der Waals surface area contributed by atoms with E-state index in [1.165, 1.54) is 13.0 Å². The van der Waals surface area contributed by atoms with Crippen LogP contribution in [0.1, 0.15) is 77.1 Å². The summed E-state index contributed by atoms with van der Waals surface area (Å²) in [6.07, 6.45) is 0.918. The molecule has 0 aromatic heterocycles. The van der Waals surface area contributed by atoms with Crippen LogP contribution in [0.15, 0.2) is 18.2 Å². The minimum Gasteiger partial charge on any atom is -0.505 e. The number of amides is 1. The summed E-state index contributed by atoms with van der Waals surface area (Å²) in [4.78, 5) is 51.9. The minimum absolute atomic E-state index is 0.0661. The highest BCUT2D eigenvalue weighted by atomic mass is 16.6. The van der Waals surface area contributed by atoms with Gasteiger partial charge < -0.3 is 30.0 Å². The number of esters is 3. The van der Waals surface area contributed by atoms with E-state index in [1.807, 2.05) is 0 Å². The summed E-state index contributed by atoms with van der Waals surface area (Å²) in [7, 11) is 1.59. The Morgan fingerprint density at radius 2 is 1.73 bits per heavy atom. The van der Waals surface area contributed by atoms with Gasteiger partial charge in [-0.05, 0) is 32.4 Å². The zero-order valence-corrected chi connectivity index (χ0v) is 22.5. The van der Waals surface area contributed by atoms with Crippen molar-refractivity contribution in [3.63, 3.8) is 0 Å². The quantitative estimate of drug-likeness (QED) is 0.183. The molecule has 10 heteroatoms. The molecule has 5 atom stereocenters. The summed E-state index contributed by atoms with van der Waals surface area (Å²) in [5, 5.41) is 15.7. The Balaban J connectivity index is 2.34. The van der Waals surface area contributed by atoms with Crippen molar-refractivity contribution < 1.29 is 38.5 Å². The Hall–Kier alpha value is -3.30. The molecule has 1 amide bonds. The molecule has 206 valence electrons. The molecule has 1 aromatic carbocycles. The fourth-order valence-electron chi connectivity index (χ4n) is 4.16. The van der Waals surface area contributed by atoms with Gasteiger partial charge in [0.25, 0.3) is 5.91 Å². The van der Waals surface area contributed by atoms with E-state index in [4.69, 9.17) is 14.2 Å². The number of benzene rings is 1. The maximum absolute atomic E-state index is 13.3. The average Bonchev–Trinajstić information content (AvgIpc) is 2.87. The monoisotopic (exact) mass is 520 g/mol. The summed E-state index contributed by atoms with van der Waals surface area (Å²) in [5.74, 6) is -4.31. The molecule has 10 nitrogen and oxygen atoms in total. The number of anilines is 1. The first-order valence-electron chi connectivity index (χ1n) is 12.9. The van der Waals surface area contributed by atoms with Crippen molar-refractivity contribution in [2.24, 2.45) is 11.8 Å². The predicted octanol–water partition coefficient (Wildman–Crippen LogP) is 3.56. The smallest absolute Gasteiger partial charge is 0.332 e. The maximum Gasteiger partial charge on any atom is 0.332 e. The standard InChI is InChI=1S/C27H40N2O8/c1-7-8-9-10-12-19-23(37-25(32)15(2)3)17(5)36-27(34)21(16(4)35-26(19)33)29-24(31)18-13-11-14-20(28-6)22(18)30/h11,13-17,19,21,23,28,30H,7-10,12H2,1-6H3,(H,29,31)/t16-,17+,19-,21+,23+/m1/s1. The van der Waals surface area contributed by atoms with Crippen LogP contribution in [0.25, 0.3) is 0 Å². The molecule has 3 N–H and O–H groups in total. The molecule has 1 saturated heterocycles. The topological polar surface area (TPSA) is 140 Å². The van der Waals surface area contributed by atoms with Crippen molar-refractivity contribution >= 4 is 29.5 Å². The van der Waals surface area contributed by atoms with Crippen molar-refractivity contribution in [3.8, 4) is 5.75 Å². The zero-order valence-electron chi connectivity index (χ0n) is 22.5. The number of hydrogen-bond acceptors (Lipinski definition) is 9. The number of phenols is 1. The number of ether oxygens (including phenoxy) is 3. The van der Waals surface area contributed by atoms with Crippen LogP contribution in [-0.4, -0.2) is 60.3 Å². The Morgan fingerprint density at radius 3 is 2.35 bits per heavy atom. The third kappa shape index (κ3) is 7.84. The van der Waals surface area contributed by atoms with Crippen LogP contribution < -0.4 is 10.6 Å². The number of rotatable bonds is 10. The Bertz CT molecular complexity index is 964. The van der Waals surface area contributed by atoms with Gasteiger partial charge in [0, 0.05) is 7.05 Å². The highest BCUT2D eigenvalue weighted by Crippen LogP contribution is 2.29. The Morgan fingerprint density at radius 1 is 1.05 bits per heavy atom. The number of aromatic hydroxyl groups is 1. The van der Waals surface area contributed by atoms with Crippen LogP contribution in [0, 0.1) is 11.8 Å². The zero-order chi connectivity index (χ0) is 27.7. The van der Waals surface area contributed by atoms with Crippen molar-refractivity contribution in [1.82, 2.24) is 5.32 Å². The van der Waals surface area contributed by atoms with E-state index in [2.05, 4.69) is 17.6 Å². The lowest BCUT2D eigenvalue weighted by atomic mass is 9.92. The summed E-state index contributed by atoms with van der Waals surface area (Å²) in [6.45, 7) is 8.46. The number of phenolic OH excluding ortho intramolecular Hbond substituents is 1. The number of carbonyl (C=O) groups is 4. The lowest BCUT2D eigenvalue weighted by Crippen LogP contribution is -2.50. The van der Waals surface area contributed by atoms with Gasteiger partial charge in [-0.25, -0.2) is 4.79 Å². The number of nitrogens with one attached hydrogen (secondary N) is 2. The largest absolute Gasteiger partial charge is 0.505 e. The maximum atomic E-state index is 13.3. The average molecular weight is 521 g/mol. The van der Waals surface area contributed by atoms with Gasteiger partial charge in [-0.1, -0.05) is 52.5 Å². The van der Waals surface area contributed by atoms with Crippen molar-refractivity contribution in [3.05, 3.63) is 23.8 Å². The van der Waals surface area contributed by atoms with Gasteiger partial charge in [0.1, 0.15) is 12.2 Å². The molecule has 1 fully saturated rings. The molecule has 2 rings (SSSR count). The molecule has 0 saturated carbocycles. The SMILES string of the molecule is CCCCCC[C@H]1C(=O)O[C@H](C)[C@H](NC(=O)c2cccc(NC)c2O)C(=O)O[C@@H](C)[C@@H]1OC(=O)C(C)C. The highest BCUT2D eigenvalue weighted by molar-refractivity contribution is 6.00. The molecular formula is C27H40N2O8. The second kappa shape index (κ2) is 13.9. The van der Waals surface area contributed by atoms with E-state index in [0.29, 0.717) is 18.5 Å². The van der Waals surface area contributed by atoms with Crippen molar-refractivity contribution in [2.75, 3.05) is 12.4 Å². The summed E-state index contributed by atoms with van der Waals surface area (Å²) < 4.78 is 16.9. The van der Waals surface area contributed by atoms with Gasteiger partial charge in [0.05, 0.1) is 23.1 Å². The van der Waals surface area contributed by atoms with Gasteiger partial charge in [0.2, 0.25) is 0 Å². The summed E-state index contributed by atoms with van der Waals surface area (Å²) >= 11 is 0. The molecule has 0 spiro atoms. The predicted molar refractivity (Wildman–Crippen MR) is 137 cm³/mol. The number of unbranched alkanes of at least 4 members (excludes halogenated alkanes) is 3. The van der Waals surface area contributed by atoms with Gasteiger partial charge in [0.15, 0.2) is 17.9 Å². The van der Waals surface area contributed by atoms with Gasteiger partial charge in [-0.2, -0.15) is 0 Å². The molecule has 1 heterocycles. The summed E-state index contributed by atoms with van der Waals surface area (Å²) in [5.41, 5.74) is 0.266. The second-order valence-corrected chi connectivity index (χ2v) is 9.70. The van der Waals surface area contributed by atoms with Gasteiger partial charge >= 0.3 is 17.9 Å². The molecule has 0 bridgehead atoms. The van der Waals surface area contributed by atoms with E-state index in [1.54, 1.807) is 40.0 Å². The molecule has 1 aliphatic heterocycles. The Labute approximate surface area is 218 Å². The van der Waals surface area contributed by atoms with E-state index in [-0.39, 0.29) is 11.3 Å². The second-order valence-electron chi connectivity index (χ2n) is 9.70. The molecule has 1 aliphatic rings. The fraction of sp³-hybridized carbons (Fsp3) is 0.630. The van der Waals surface area contributed by atoms with Crippen LogP contribution in [0.2, 0.25) is 0 Å². The minimum atomic E-state index is -1.35. The molecular weight excluding hydrogens is 480 g/mol. The van der Waals surface area contributed by atoms with Crippen LogP contribution >= 0.6 is 0 Å². The van der Waals surface area contributed by atoms with Crippen LogP contribution in [-0.2, 0) is 28.6 Å². The number of carbonyl (C=O) groups excluding carboxylic acids is 4. The first kappa shape index (κ1) is 29.9. The summed E-state index contributed by atoms with van der Waals surface area (Å²) in [6, 6.07) is 3.21. The molecule has 1 aromatic rings. The molecule has 0 aliphatic carbocycles. The van der Waals surface area contributed by atoms with Gasteiger partial charge in [-0.15, -0.1) is 0 Å². The van der Waals surface area contributed by atoms with Crippen LogP contribution in [0.4, 0.5) is 5.69 Å². The Kier molecular flexibility index (Phi) is 11.2. The lowest BCUT2D eigenvalue weighted by molar-refractivity contribution is -0.177. The van der Waals surface area contributed by atoms with Crippen LogP contribution in [0.3, 0.4) is 0 Å². The highest BCUT2D eigenvalue weighted by Gasteiger charge is 2.44. The van der Waals surface area contributed by atoms with E-state index in [9.17, 15) is 24.3 Å². The van der Waals surface area contributed by atoms with Crippen molar-refractivity contribution in [1.29, 1.82) is 0 Å². The molecule has 0 radical (unpaired) electrons. The van der Waals surface area contributed by atoms with E-state index < -0.39 is 60.0 Å².